The Kier molecular flexibility index (Phi) is 4.94. The van der Waals surface area contributed by atoms with Gasteiger partial charge in [0, 0.05) is 6.07 Å². The quantitative estimate of drug-likeness (QED) is 0.474. The van der Waals surface area contributed by atoms with Crippen LogP contribution in [-0.4, -0.2) is 19.7 Å². The molecule has 0 spiro atoms. The Morgan fingerprint density at radius 2 is 2.12 bits per heavy atom. The zero-order valence-electron chi connectivity index (χ0n) is 14.5. The van der Waals surface area contributed by atoms with E-state index in [1.807, 2.05) is 31.2 Å². The number of nitro benzene ring substituents is 1. The number of nitrogens with zero attached hydrogens (tertiary/aromatic N) is 5. The van der Waals surface area contributed by atoms with Gasteiger partial charge in [-0.05, 0) is 23.3 Å². The molecule has 0 fully saturated rings. The molecule has 0 aliphatic carbocycles. The molecule has 0 aliphatic rings. The zero-order chi connectivity index (χ0) is 18.6. The molecule has 7 heteroatoms. The topological polar surface area (TPSA) is 97.6 Å². The third kappa shape index (κ3) is 3.14. The Bertz CT molecular complexity index is 962. The lowest BCUT2D eigenvalue weighted by atomic mass is 9.74. The summed E-state index contributed by atoms with van der Waals surface area (Å²) in [5.74, 6) is 0. The van der Waals surface area contributed by atoms with Gasteiger partial charge in [0.1, 0.15) is 18.1 Å². The fourth-order valence-electron chi connectivity index (χ4n) is 3.41. The Morgan fingerprint density at radius 3 is 2.77 bits per heavy atom. The Balaban J connectivity index is 2.30. The summed E-state index contributed by atoms with van der Waals surface area (Å²) in [6.45, 7) is 2.26. The molecule has 2 aromatic carbocycles. The van der Waals surface area contributed by atoms with Crippen molar-refractivity contribution in [2.24, 2.45) is 0 Å². The fourth-order valence-corrected chi connectivity index (χ4v) is 3.41. The summed E-state index contributed by atoms with van der Waals surface area (Å²) < 4.78 is 1.57. The first-order valence-corrected chi connectivity index (χ1v) is 8.51. The van der Waals surface area contributed by atoms with Crippen LogP contribution in [-0.2, 0) is 12.0 Å². The van der Waals surface area contributed by atoms with Gasteiger partial charge in [0.05, 0.1) is 23.1 Å². The molecule has 0 saturated carbocycles. The highest BCUT2D eigenvalue weighted by atomic mass is 16.6. The first-order valence-electron chi connectivity index (χ1n) is 8.51. The zero-order valence-corrected chi connectivity index (χ0v) is 14.5. The lowest BCUT2D eigenvalue weighted by molar-refractivity contribution is -0.385. The molecule has 0 bridgehead atoms. The molecule has 132 valence electrons. The fraction of sp³-hybridized carbons (Fsp3) is 0.316. The maximum Gasteiger partial charge on any atom is 0.274 e. The van der Waals surface area contributed by atoms with Crippen LogP contribution in [0.15, 0.2) is 49.1 Å². The van der Waals surface area contributed by atoms with Crippen molar-refractivity contribution in [3.63, 3.8) is 0 Å². The summed E-state index contributed by atoms with van der Waals surface area (Å²) in [6.07, 6.45) is 5.12. The molecular weight excluding hydrogens is 330 g/mol. The van der Waals surface area contributed by atoms with E-state index in [2.05, 4.69) is 16.2 Å². The molecule has 3 rings (SSSR count). The SMILES string of the molecule is CCCCC(C#N)(Cn1cncn1)c1c([N+](=O)[O-])ccc2ccccc12. The summed E-state index contributed by atoms with van der Waals surface area (Å²) in [5.41, 5.74) is -0.624. The average molecular weight is 349 g/mol. The average Bonchev–Trinajstić information content (AvgIpc) is 3.17. The second-order valence-electron chi connectivity index (χ2n) is 6.33. The van der Waals surface area contributed by atoms with E-state index in [4.69, 9.17) is 0 Å². The summed E-state index contributed by atoms with van der Waals surface area (Å²) in [5, 5.41) is 27.7. The van der Waals surface area contributed by atoms with Crippen molar-refractivity contribution < 1.29 is 4.92 Å². The van der Waals surface area contributed by atoms with Crippen molar-refractivity contribution in [1.82, 2.24) is 14.8 Å². The maximum absolute atomic E-state index is 11.8. The molecule has 3 aromatic rings. The minimum atomic E-state index is -1.06. The number of nitro groups is 1. The molecular formula is C19H19N5O2. The van der Waals surface area contributed by atoms with E-state index in [1.165, 1.54) is 18.7 Å². The van der Waals surface area contributed by atoms with E-state index in [-0.39, 0.29) is 12.2 Å². The molecule has 0 N–H and O–H groups in total. The molecule has 1 atom stereocenters. The molecule has 1 heterocycles. The monoisotopic (exact) mass is 349 g/mol. The van der Waals surface area contributed by atoms with E-state index in [9.17, 15) is 15.4 Å². The first kappa shape index (κ1) is 17.5. The van der Waals surface area contributed by atoms with Crippen LogP contribution >= 0.6 is 0 Å². The minimum absolute atomic E-state index is 0.0264. The number of rotatable bonds is 7. The largest absolute Gasteiger partial charge is 0.274 e. The summed E-state index contributed by atoms with van der Waals surface area (Å²) in [6, 6.07) is 13.1. The van der Waals surface area contributed by atoms with Crippen LogP contribution in [0.3, 0.4) is 0 Å². The summed E-state index contributed by atoms with van der Waals surface area (Å²) in [4.78, 5) is 15.3. The smallest absolute Gasteiger partial charge is 0.258 e. The van der Waals surface area contributed by atoms with Gasteiger partial charge in [0.2, 0.25) is 0 Å². The summed E-state index contributed by atoms with van der Waals surface area (Å²) in [7, 11) is 0. The molecule has 26 heavy (non-hydrogen) atoms. The maximum atomic E-state index is 11.8. The predicted octanol–water partition coefficient (Wildman–Crippen LogP) is 3.99. The van der Waals surface area contributed by atoms with Crippen LogP contribution in [0.5, 0.6) is 0 Å². The number of unbranched alkanes of at least 4 members (excludes halogenated alkanes) is 1. The van der Waals surface area contributed by atoms with Gasteiger partial charge >= 0.3 is 0 Å². The van der Waals surface area contributed by atoms with Crippen LogP contribution in [0.25, 0.3) is 10.8 Å². The third-order valence-electron chi connectivity index (χ3n) is 4.65. The predicted molar refractivity (Wildman–Crippen MR) is 97.4 cm³/mol. The van der Waals surface area contributed by atoms with E-state index in [0.29, 0.717) is 12.0 Å². The van der Waals surface area contributed by atoms with Crippen molar-refractivity contribution >= 4 is 16.5 Å². The van der Waals surface area contributed by atoms with E-state index in [0.717, 1.165) is 23.6 Å². The standard InChI is InChI=1S/C19H19N5O2/c1-2-3-10-19(11-20,12-23-14-21-13-22-23)18-16-7-5-4-6-15(16)8-9-17(18)24(25)26/h4-9,13-14H,2-3,10,12H2,1H3. The van der Waals surface area contributed by atoms with Gasteiger partial charge in [0.25, 0.3) is 5.69 Å². The number of nitriles is 1. The van der Waals surface area contributed by atoms with Gasteiger partial charge in [-0.25, -0.2) is 4.98 Å². The lowest BCUT2D eigenvalue weighted by Crippen LogP contribution is -2.31. The molecule has 1 aromatic heterocycles. The Labute approximate surface area is 151 Å². The Hall–Kier alpha value is -3.27. The number of hydrogen-bond acceptors (Lipinski definition) is 5. The van der Waals surface area contributed by atoms with Gasteiger partial charge in [-0.15, -0.1) is 0 Å². The van der Waals surface area contributed by atoms with Crippen molar-refractivity contribution in [3.8, 4) is 6.07 Å². The third-order valence-corrected chi connectivity index (χ3v) is 4.65. The molecule has 7 nitrogen and oxygen atoms in total. The van der Waals surface area contributed by atoms with Crippen LogP contribution in [0.4, 0.5) is 5.69 Å². The second kappa shape index (κ2) is 7.31. The summed E-state index contributed by atoms with van der Waals surface area (Å²) >= 11 is 0. The number of benzene rings is 2. The highest BCUT2D eigenvalue weighted by Crippen LogP contribution is 2.41. The number of fused-ring (bicyclic) bond motifs is 1. The molecule has 0 aliphatic heterocycles. The molecule has 0 saturated heterocycles. The normalized spacial score (nSPS) is 13.2. The van der Waals surface area contributed by atoms with Gasteiger partial charge in [-0.2, -0.15) is 10.4 Å². The number of hydrogen-bond donors (Lipinski definition) is 0. The van der Waals surface area contributed by atoms with Gasteiger partial charge < -0.3 is 0 Å². The van der Waals surface area contributed by atoms with Crippen molar-refractivity contribution in [3.05, 3.63) is 64.7 Å². The van der Waals surface area contributed by atoms with Crippen LogP contribution in [0, 0.1) is 21.4 Å². The van der Waals surface area contributed by atoms with Gasteiger partial charge in [-0.3, -0.25) is 14.8 Å². The first-order chi connectivity index (χ1) is 12.6. The molecule has 1 unspecified atom stereocenters. The highest BCUT2D eigenvalue weighted by molar-refractivity contribution is 5.90. The lowest BCUT2D eigenvalue weighted by Gasteiger charge is -2.28. The Morgan fingerprint density at radius 1 is 1.31 bits per heavy atom. The molecule has 0 amide bonds. The molecule has 0 radical (unpaired) electrons. The number of aromatic nitrogens is 3. The van der Waals surface area contributed by atoms with Gasteiger partial charge in [0.15, 0.2) is 0 Å². The van der Waals surface area contributed by atoms with Crippen molar-refractivity contribution in [1.29, 1.82) is 5.26 Å². The van der Waals surface area contributed by atoms with Crippen LogP contribution in [0.2, 0.25) is 0 Å². The highest BCUT2D eigenvalue weighted by Gasteiger charge is 2.40. The van der Waals surface area contributed by atoms with E-state index < -0.39 is 10.3 Å². The van der Waals surface area contributed by atoms with Crippen molar-refractivity contribution in [2.75, 3.05) is 0 Å². The van der Waals surface area contributed by atoms with E-state index >= 15 is 0 Å². The van der Waals surface area contributed by atoms with Crippen LogP contribution < -0.4 is 0 Å². The van der Waals surface area contributed by atoms with E-state index in [1.54, 1.807) is 10.7 Å². The van der Waals surface area contributed by atoms with Crippen molar-refractivity contribution in [2.45, 2.75) is 38.1 Å². The minimum Gasteiger partial charge on any atom is -0.258 e. The second-order valence-corrected chi connectivity index (χ2v) is 6.33. The van der Waals surface area contributed by atoms with Gasteiger partial charge in [-0.1, -0.05) is 44.0 Å². The van der Waals surface area contributed by atoms with Crippen LogP contribution in [0.1, 0.15) is 31.7 Å².